The summed E-state index contributed by atoms with van der Waals surface area (Å²) in [4.78, 5) is 28.2. The van der Waals surface area contributed by atoms with E-state index in [1.54, 1.807) is 28.8 Å². The van der Waals surface area contributed by atoms with Gasteiger partial charge in [-0.05, 0) is 74.9 Å². The smallest absolute Gasteiger partial charge is 0.254 e. The van der Waals surface area contributed by atoms with Crippen molar-refractivity contribution in [1.29, 1.82) is 0 Å². The molecule has 7 nitrogen and oxygen atoms in total. The monoisotopic (exact) mass is 560 g/mol. The van der Waals surface area contributed by atoms with Crippen LogP contribution in [-0.4, -0.2) is 46.2 Å². The standard InChI is InChI=1S/C29H29BrN4O3/c1-19(2)33(29(36)22-10-12-23(30)13-11-22)18-26(35)31-28-27(21-8-6-5-7-9-21)20(3)32-34(28)24-14-16-25(37-4)17-15-24/h5-17,19H,18H2,1-4H3,(H,31,35). The number of aryl methyl sites for hydroxylation is 1. The van der Waals surface area contributed by atoms with E-state index in [9.17, 15) is 9.59 Å². The Labute approximate surface area is 225 Å². The summed E-state index contributed by atoms with van der Waals surface area (Å²) in [6, 6.07) is 24.2. The summed E-state index contributed by atoms with van der Waals surface area (Å²) < 4.78 is 7.89. The van der Waals surface area contributed by atoms with Crippen LogP contribution in [0.3, 0.4) is 0 Å². The zero-order valence-electron chi connectivity index (χ0n) is 21.2. The van der Waals surface area contributed by atoms with Crippen LogP contribution in [0.4, 0.5) is 5.82 Å². The first-order valence-corrected chi connectivity index (χ1v) is 12.7. The second-order valence-electron chi connectivity index (χ2n) is 8.87. The molecule has 2 amide bonds. The summed E-state index contributed by atoms with van der Waals surface area (Å²) in [5, 5.41) is 7.80. The minimum absolute atomic E-state index is 0.104. The van der Waals surface area contributed by atoms with Crippen molar-refractivity contribution in [2.75, 3.05) is 19.0 Å². The number of methoxy groups -OCH3 is 1. The number of benzene rings is 3. The minimum atomic E-state index is -0.314. The molecule has 4 aromatic rings. The Morgan fingerprint density at radius 2 is 1.65 bits per heavy atom. The van der Waals surface area contributed by atoms with E-state index in [2.05, 4.69) is 21.2 Å². The molecule has 0 bridgehead atoms. The van der Waals surface area contributed by atoms with E-state index in [4.69, 9.17) is 9.84 Å². The van der Waals surface area contributed by atoms with Crippen molar-refractivity contribution in [3.8, 4) is 22.6 Å². The molecule has 0 aliphatic carbocycles. The van der Waals surface area contributed by atoms with E-state index in [0.717, 1.165) is 32.7 Å². The van der Waals surface area contributed by atoms with Gasteiger partial charge in [-0.3, -0.25) is 9.59 Å². The molecule has 0 unspecified atom stereocenters. The number of hydrogen-bond donors (Lipinski definition) is 1. The molecule has 0 radical (unpaired) electrons. The number of anilines is 1. The zero-order chi connectivity index (χ0) is 26.5. The molecule has 0 aliphatic heterocycles. The van der Waals surface area contributed by atoms with Gasteiger partial charge in [0, 0.05) is 21.6 Å². The lowest BCUT2D eigenvalue weighted by Crippen LogP contribution is -2.42. The fourth-order valence-electron chi connectivity index (χ4n) is 4.08. The third-order valence-electron chi connectivity index (χ3n) is 5.99. The number of nitrogens with zero attached hydrogens (tertiary/aromatic N) is 3. The molecule has 0 saturated carbocycles. The Bertz CT molecular complexity index is 1380. The first kappa shape index (κ1) is 26.2. The van der Waals surface area contributed by atoms with Crippen LogP contribution in [0.25, 0.3) is 16.8 Å². The van der Waals surface area contributed by atoms with E-state index in [0.29, 0.717) is 11.4 Å². The average Bonchev–Trinajstić information content (AvgIpc) is 3.23. The van der Waals surface area contributed by atoms with Crippen molar-refractivity contribution >= 4 is 33.6 Å². The lowest BCUT2D eigenvalue weighted by Gasteiger charge is -2.26. The summed E-state index contributed by atoms with van der Waals surface area (Å²) >= 11 is 3.40. The molecular weight excluding hydrogens is 532 g/mol. The maximum Gasteiger partial charge on any atom is 0.254 e. The molecule has 0 aliphatic rings. The first-order valence-electron chi connectivity index (χ1n) is 11.9. The van der Waals surface area contributed by atoms with E-state index < -0.39 is 0 Å². The third kappa shape index (κ3) is 5.91. The van der Waals surface area contributed by atoms with Crippen LogP contribution in [0.1, 0.15) is 29.9 Å². The Morgan fingerprint density at radius 3 is 2.24 bits per heavy atom. The Hall–Kier alpha value is -3.91. The molecule has 0 atom stereocenters. The highest BCUT2D eigenvalue weighted by molar-refractivity contribution is 9.10. The van der Waals surface area contributed by atoms with Crippen molar-refractivity contribution in [2.24, 2.45) is 0 Å². The van der Waals surface area contributed by atoms with E-state index in [-0.39, 0.29) is 24.4 Å². The predicted molar refractivity (Wildman–Crippen MR) is 149 cm³/mol. The molecule has 1 aromatic heterocycles. The van der Waals surface area contributed by atoms with Crippen LogP contribution in [0.2, 0.25) is 0 Å². The van der Waals surface area contributed by atoms with Crippen LogP contribution >= 0.6 is 15.9 Å². The molecule has 0 fully saturated rings. The molecule has 190 valence electrons. The molecule has 37 heavy (non-hydrogen) atoms. The number of carbonyl (C=O) groups excluding carboxylic acids is 2. The topological polar surface area (TPSA) is 76.5 Å². The van der Waals surface area contributed by atoms with Gasteiger partial charge in [0.25, 0.3) is 5.91 Å². The van der Waals surface area contributed by atoms with Crippen LogP contribution in [0, 0.1) is 6.92 Å². The highest BCUT2D eigenvalue weighted by atomic mass is 79.9. The third-order valence-corrected chi connectivity index (χ3v) is 6.52. The Balaban J connectivity index is 1.68. The first-order chi connectivity index (χ1) is 17.8. The van der Waals surface area contributed by atoms with E-state index in [1.807, 2.05) is 87.5 Å². The number of ether oxygens (including phenoxy) is 1. The summed E-state index contributed by atoms with van der Waals surface area (Å²) in [7, 11) is 1.61. The number of carbonyl (C=O) groups is 2. The molecule has 4 rings (SSSR count). The Kier molecular flexibility index (Phi) is 8.08. The van der Waals surface area contributed by atoms with Crippen molar-refractivity contribution in [2.45, 2.75) is 26.8 Å². The quantitative estimate of drug-likeness (QED) is 0.282. The molecule has 1 heterocycles. The average molecular weight is 561 g/mol. The SMILES string of the molecule is COc1ccc(-n2nc(C)c(-c3ccccc3)c2NC(=O)CN(C(=O)c2ccc(Br)cc2)C(C)C)cc1. The van der Waals surface area contributed by atoms with Crippen molar-refractivity contribution in [3.05, 3.63) is 94.6 Å². The number of amides is 2. The molecule has 1 N–H and O–H groups in total. The second kappa shape index (κ2) is 11.4. The van der Waals surface area contributed by atoms with Gasteiger partial charge in [0.1, 0.15) is 18.1 Å². The largest absolute Gasteiger partial charge is 0.497 e. The van der Waals surface area contributed by atoms with Crippen LogP contribution in [0.15, 0.2) is 83.3 Å². The fourth-order valence-corrected chi connectivity index (χ4v) is 4.34. The number of rotatable bonds is 8. The van der Waals surface area contributed by atoms with E-state index in [1.165, 1.54) is 0 Å². The van der Waals surface area contributed by atoms with Crippen LogP contribution in [-0.2, 0) is 4.79 Å². The van der Waals surface area contributed by atoms with Crippen molar-refractivity contribution in [1.82, 2.24) is 14.7 Å². The van der Waals surface area contributed by atoms with Crippen LogP contribution < -0.4 is 10.1 Å². The molecular formula is C29H29BrN4O3. The predicted octanol–water partition coefficient (Wildman–Crippen LogP) is 6.11. The number of halogens is 1. The van der Waals surface area contributed by atoms with Gasteiger partial charge in [-0.15, -0.1) is 0 Å². The van der Waals surface area contributed by atoms with Crippen LogP contribution in [0.5, 0.6) is 5.75 Å². The molecule has 3 aromatic carbocycles. The number of nitrogens with one attached hydrogen (secondary N) is 1. The maximum absolute atomic E-state index is 13.4. The van der Waals surface area contributed by atoms with Gasteiger partial charge >= 0.3 is 0 Å². The highest BCUT2D eigenvalue weighted by Gasteiger charge is 2.25. The normalized spacial score (nSPS) is 10.9. The van der Waals surface area contributed by atoms with Crippen molar-refractivity contribution in [3.63, 3.8) is 0 Å². The molecule has 0 saturated heterocycles. The van der Waals surface area contributed by atoms with Gasteiger partial charge in [-0.2, -0.15) is 5.10 Å². The van der Waals surface area contributed by atoms with Gasteiger partial charge < -0.3 is 15.0 Å². The summed E-state index contributed by atoms with van der Waals surface area (Å²) in [6.07, 6.45) is 0. The van der Waals surface area contributed by atoms with E-state index >= 15 is 0 Å². The second-order valence-corrected chi connectivity index (χ2v) is 9.78. The summed E-state index contributed by atoms with van der Waals surface area (Å²) in [6.45, 7) is 5.60. The molecule has 8 heteroatoms. The Morgan fingerprint density at radius 1 is 1.00 bits per heavy atom. The zero-order valence-corrected chi connectivity index (χ0v) is 22.8. The highest BCUT2D eigenvalue weighted by Crippen LogP contribution is 2.33. The summed E-state index contributed by atoms with van der Waals surface area (Å²) in [5.74, 6) is 0.742. The van der Waals surface area contributed by atoms with Gasteiger partial charge in [0.2, 0.25) is 5.91 Å². The fraction of sp³-hybridized carbons (Fsp3) is 0.207. The van der Waals surface area contributed by atoms with Gasteiger partial charge in [-0.1, -0.05) is 46.3 Å². The lowest BCUT2D eigenvalue weighted by molar-refractivity contribution is -0.117. The molecule has 0 spiro atoms. The number of hydrogen-bond acceptors (Lipinski definition) is 4. The van der Waals surface area contributed by atoms with Crippen molar-refractivity contribution < 1.29 is 14.3 Å². The minimum Gasteiger partial charge on any atom is -0.497 e. The lowest BCUT2D eigenvalue weighted by atomic mass is 10.1. The summed E-state index contributed by atoms with van der Waals surface area (Å²) in [5.41, 5.74) is 3.81. The van der Waals surface area contributed by atoms with Gasteiger partial charge in [0.15, 0.2) is 0 Å². The number of aromatic nitrogens is 2. The van der Waals surface area contributed by atoms with Gasteiger partial charge in [-0.25, -0.2) is 4.68 Å². The van der Waals surface area contributed by atoms with Gasteiger partial charge in [0.05, 0.1) is 18.5 Å². The maximum atomic E-state index is 13.4.